The van der Waals surface area contributed by atoms with Crippen LogP contribution in [0.4, 0.5) is 4.79 Å². The van der Waals surface area contributed by atoms with Gasteiger partial charge in [0.15, 0.2) is 0 Å². The summed E-state index contributed by atoms with van der Waals surface area (Å²) in [5.41, 5.74) is 4.49. The second-order valence-electron chi connectivity index (χ2n) is 11.5. The fourth-order valence-corrected chi connectivity index (χ4v) is 5.34. The van der Waals surface area contributed by atoms with E-state index in [0.717, 1.165) is 37.1 Å². The number of aryl methyl sites for hydroxylation is 2. The maximum absolute atomic E-state index is 13.5. The van der Waals surface area contributed by atoms with Crippen molar-refractivity contribution in [1.29, 1.82) is 0 Å². The van der Waals surface area contributed by atoms with E-state index in [0.29, 0.717) is 18.7 Å². The monoisotopic (exact) mass is 494 g/mol. The Morgan fingerprint density at radius 3 is 2.25 bits per heavy atom. The van der Waals surface area contributed by atoms with Crippen molar-refractivity contribution in [3.8, 4) is 5.69 Å². The Morgan fingerprint density at radius 1 is 0.972 bits per heavy atom. The van der Waals surface area contributed by atoms with Crippen LogP contribution in [0.15, 0.2) is 24.4 Å². The van der Waals surface area contributed by atoms with E-state index < -0.39 is 5.60 Å². The molecule has 7 heteroatoms. The molecule has 1 aromatic heterocycles. The Morgan fingerprint density at radius 2 is 1.64 bits per heavy atom. The van der Waals surface area contributed by atoms with Crippen molar-refractivity contribution in [3.63, 3.8) is 0 Å². The first-order chi connectivity index (χ1) is 17.1. The molecule has 7 nitrogen and oxygen atoms in total. The number of carbonyl (C=O) groups excluding carboxylic acids is 2. The predicted molar refractivity (Wildman–Crippen MR) is 142 cm³/mol. The molecule has 1 saturated carbocycles. The highest BCUT2D eigenvalue weighted by molar-refractivity contribution is 5.95. The Balaban J connectivity index is 1.59. The molecule has 1 aliphatic heterocycles. The van der Waals surface area contributed by atoms with Gasteiger partial charge in [-0.1, -0.05) is 31.7 Å². The Kier molecular flexibility index (Phi) is 8.06. The van der Waals surface area contributed by atoms with Crippen LogP contribution in [0.3, 0.4) is 0 Å². The lowest BCUT2D eigenvalue weighted by atomic mass is 9.90. The third-order valence-corrected chi connectivity index (χ3v) is 7.51. The molecule has 36 heavy (non-hydrogen) atoms. The number of benzene rings is 1. The van der Waals surface area contributed by atoms with Gasteiger partial charge in [0.05, 0.1) is 23.1 Å². The summed E-state index contributed by atoms with van der Waals surface area (Å²) in [6.45, 7) is 11.1. The maximum atomic E-state index is 13.5. The number of carbonyl (C=O) groups is 2. The van der Waals surface area contributed by atoms with Gasteiger partial charge in [-0.05, 0) is 83.6 Å². The lowest BCUT2D eigenvalue weighted by molar-refractivity contribution is 0.0203. The summed E-state index contributed by atoms with van der Waals surface area (Å²) >= 11 is 0. The van der Waals surface area contributed by atoms with Crippen molar-refractivity contribution >= 4 is 12.0 Å². The second-order valence-corrected chi connectivity index (χ2v) is 11.5. The molecule has 1 saturated heterocycles. The smallest absolute Gasteiger partial charge is 0.410 e. The topological polar surface area (TPSA) is 76.5 Å². The number of amides is 2. The van der Waals surface area contributed by atoms with Gasteiger partial charge in [-0.15, -0.1) is 0 Å². The number of piperidine rings is 1. The summed E-state index contributed by atoms with van der Waals surface area (Å²) in [5, 5.41) is 8.03. The third-order valence-electron chi connectivity index (χ3n) is 7.51. The number of hydrogen-bond donors (Lipinski definition) is 1. The van der Waals surface area contributed by atoms with Gasteiger partial charge in [0, 0.05) is 25.0 Å². The van der Waals surface area contributed by atoms with Crippen molar-refractivity contribution in [3.05, 3.63) is 46.8 Å². The van der Waals surface area contributed by atoms with Crippen LogP contribution >= 0.6 is 0 Å². The van der Waals surface area contributed by atoms with E-state index >= 15 is 0 Å². The van der Waals surface area contributed by atoms with Gasteiger partial charge >= 0.3 is 6.09 Å². The van der Waals surface area contributed by atoms with E-state index in [9.17, 15) is 9.59 Å². The Hall–Kier alpha value is -2.83. The predicted octanol–water partition coefficient (Wildman–Crippen LogP) is 6.06. The molecular weight excluding hydrogens is 452 g/mol. The normalized spacial score (nSPS) is 18.1. The standard InChI is InChI=1S/C29H42N4O3/c1-20-12-13-24(18-21(20)2)33-26(22-14-16-32(17-15-22)28(35)36-29(3,4)5)25(19-30-33)27(34)31-23-10-8-6-7-9-11-23/h12-13,18-19,22-23H,6-11,14-17H2,1-5H3,(H,31,34). The second kappa shape index (κ2) is 11.1. The number of aromatic nitrogens is 2. The average molecular weight is 495 g/mol. The van der Waals surface area contributed by atoms with Crippen molar-refractivity contribution in [2.75, 3.05) is 13.1 Å². The number of nitrogens with zero attached hydrogens (tertiary/aromatic N) is 3. The van der Waals surface area contributed by atoms with Crippen molar-refractivity contribution in [2.24, 2.45) is 0 Å². The van der Waals surface area contributed by atoms with Gasteiger partial charge in [-0.3, -0.25) is 4.79 Å². The fraction of sp³-hybridized carbons (Fsp3) is 0.621. The molecule has 0 unspecified atom stereocenters. The van der Waals surface area contributed by atoms with Crippen LogP contribution in [-0.2, 0) is 4.74 Å². The maximum Gasteiger partial charge on any atom is 0.410 e. The van der Waals surface area contributed by atoms with Gasteiger partial charge in [-0.25, -0.2) is 9.48 Å². The Bertz CT molecular complexity index is 1070. The van der Waals surface area contributed by atoms with E-state index in [2.05, 4.69) is 37.4 Å². The van der Waals surface area contributed by atoms with Crippen LogP contribution < -0.4 is 5.32 Å². The minimum Gasteiger partial charge on any atom is -0.444 e. The van der Waals surface area contributed by atoms with E-state index in [1.807, 2.05) is 25.5 Å². The third kappa shape index (κ3) is 6.29. The first-order valence-corrected chi connectivity index (χ1v) is 13.6. The largest absolute Gasteiger partial charge is 0.444 e. The molecule has 2 fully saturated rings. The quantitative estimate of drug-likeness (QED) is 0.525. The summed E-state index contributed by atoms with van der Waals surface area (Å²) in [6, 6.07) is 6.54. The highest BCUT2D eigenvalue weighted by atomic mass is 16.6. The lowest BCUT2D eigenvalue weighted by Gasteiger charge is -2.34. The summed E-state index contributed by atoms with van der Waals surface area (Å²) < 4.78 is 7.53. The van der Waals surface area contributed by atoms with Gasteiger partial charge in [0.2, 0.25) is 0 Å². The minimum atomic E-state index is -0.515. The molecule has 4 rings (SSSR count). The van der Waals surface area contributed by atoms with Gasteiger partial charge in [0.1, 0.15) is 5.60 Å². The molecule has 196 valence electrons. The lowest BCUT2D eigenvalue weighted by Crippen LogP contribution is -2.42. The van der Waals surface area contributed by atoms with Crippen molar-refractivity contribution in [1.82, 2.24) is 20.0 Å². The van der Waals surface area contributed by atoms with E-state index in [1.54, 1.807) is 11.1 Å². The zero-order valence-electron chi connectivity index (χ0n) is 22.6. The molecule has 2 aromatic rings. The summed E-state index contributed by atoms with van der Waals surface area (Å²) in [5.74, 6) is 0.101. The van der Waals surface area contributed by atoms with Crippen LogP contribution in [0.25, 0.3) is 5.69 Å². The molecule has 1 aromatic carbocycles. The summed E-state index contributed by atoms with van der Waals surface area (Å²) in [7, 11) is 0. The van der Waals surface area contributed by atoms with Gasteiger partial charge in [0.25, 0.3) is 5.91 Å². The van der Waals surface area contributed by atoms with Crippen molar-refractivity contribution in [2.45, 2.75) is 104 Å². The molecule has 2 amide bonds. The number of rotatable bonds is 4. The molecule has 0 spiro atoms. The first-order valence-electron chi connectivity index (χ1n) is 13.6. The van der Waals surface area contributed by atoms with E-state index in [1.165, 1.54) is 36.8 Å². The van der Waals surface area contributed by atoms with Gasteiger partial charge < -0.3 is 15.0 Å². The molecule has 2 heterocycles. The van der Waals surface area contributed by atoms with Crippen LogP contribution in [0.1, 0.15) is 105 Å². The molecular formula is C29H42N4O3. The summed E-state index contributed by atoms with van der Waals surface area (Å²) in [4.78, 5) is 27.9. The number of hydrogen-bond acceptors (Lipinski definition) is 4. The SMILES string of the molecule is Cc1ccc(-n2ncc(C(=O)NC3CCCCCC3)c2C2CCN(C(=O)OC(C)(C)C)CC2)cc1C. The molecule has 1 N–H and O–H groups in total. The molecule has 0 bridgehead atoms. The highest BCUT2D eigenvalue weighted by Crippen LogP contribution is 2.33. The van der Waals surface area contributed by atoms with Crippen LogP contribution in [0.2, 0.25) is 0 Å². The Labute approximate surface area is 215 Å². The van der Waals surface area contributed by atoms with Crippen LogP contribution in [0.5, 0.6) is 0 Å². The summed E-state index contributed by atoms with van der Waals surface area (Å²) in [6.07, 6.45) is 9.91. The number of ether oxygens (including phenoxy) is 1. The fourth-order valence-electron chi connectivity index (χ4n) is 5.34. The van der Waals surface area contributed by atoms with Crippen LogP contribution in [0, 0.1) is 13.8 Å². The molecule has 1 aliphatic carbocycles. The van der Waals surface area contributed by atoms with Crippen molar-refractivity contribution < 1.29 is 14.3 Å². The number of nitrogens with one attached hydrogen (secondary N) is 1. The zero-order chi connectivity index (χ0) is 25.9. The average Bonchev–Trinajstić information content (AvgIpc) is 3.11. The molecule has 2 aliphatic rings. The van der Waals surface area contributed by atoms with Crippen LogP contribution in [-0.4, -0.2) is 51.4 Å². The van der Waals surface area contributed by atoms with E-state index in [4.69, 9.17) is 9.84 Å². The first kappa shape index (κ1) is 26.2. The van der Waals surface area contributed by atoms with E-state index in [-0.39, 0.29) is 24.0 Å². The number of likely N-dealkylation sites (tertiary alicyclic amines) is 1. The minimum absolute atomic E-state index is 0.0263. The highest BCUT2D eigenvalue weighted by Gasteiger charge is 2.32. The molecule has 0 radical (unpaired) electrons. The van der Waals surface area contributed by atoms with Gasteiger partial charge in [-0.2, -0.15) is 5.10 Å². The molecule has 0 atom stereocenters. The zero-order valence-corrected chi connectivity index (χ0v) is 22.6.